The minimum absolute atomic E-state index is 0.0309. The molecule has 0 atom stereocenters. The van der Waals surface area contributed by atoms with Crippen molar-refractivity contribution in [2.45, 2.75) is 51.9 Å². The van der Waals surface area contributed by atoms with Gasteiger partial charge in [0, 0.05) is 18.8 Å². The highest BCUT2D eigenvalue weighted by Gasteiger charge is 2.24. The maximum absolute atomic E-state index is 12.3. The van der Waals surface area contributed by atoms with E-state index in [2.05, 4.69) is 38.2 Å². The molecule has 1 aromatic carbocycles. The van der Waals surface area contributed by atoms with E-state index in [1.165, 1.54) is 18.4 Å². The number of piperidine rings is 1. The molecule has 118 valence electrons. The summed E-state index contributed by atoms with van der Waals surface area (Å²) in [6.07, 6.45) is 4.71. The molecule has 2 fully saturated rings. The number of anilines is 1. The number of benzene rings is 1. The number of allylic oxidation sites excluding steroid dienone is 1. The summed E-state index contributed by atoms with van der Waals surface area (Å²) in [5, 5.41) is 3.02. The monoisotopic (exact) mass is 298 g/mol. The zero-order valence-electron chi connectivity index (χ0n) is 13.9. The summed E-state index contributed by atoms with van der Waals surface area (Å²) in [4.78, 5) is 14.3. The molecule has 0 bridgehead atoms. The number of nitrogens with zero attached hydrogens (tertiary/aromatic N) is 1. The van der Waals surface area contributed by atoms with E-state index in [1.54, 1.807) is 11.1 Å². The Labute approximate surface area is 133 Å². The van der Waals surface area contributed by atoms with Gasteiger partial charge < -0.3 is 10.2 Å². The summed E-state index contributed by atoms with van der Waals surface area (Å²) in [7, 11) is 0. The highest BCUT2D eigenvalue weighted by atomic mass is 16.2. The molecule has 0 unspecified atom stereocenters. The van der Waals surface area contributed by atoms with E-state index in [-0.39, 0.29) is 11.4 Å². The fraction of sp³-hybridized carbons (Fsp3) is 0.526. The van der Waals surface area contributed by atoms with Gasteiger partial charge in [-0.3, -0.25) is 0 Å². The van der Waals surface area contributed by atoms with Crippen LogP contribution in [0.15, 0.2) is 35.4 Å². The van der Waals surface area contributed by atoms with Gasteiger partial charge in [0.1, 0.15) is 0 Å². The van der Waals surface area contributed by atoms with Gasteiger partial charge in [-0.25, -0.2) is 4.79 Å². The van der Waals surface area contributed by atoms with E-state index >= 15 is 0 Å². The predicted octanol–water partition coefficient (Wildman–Crippen LogP) is 4.70. The Morgan fingerprint density at radius 3 is 2.00 bits per heavy atom. The van der Waals surface area contributed by atoms with Crippen LogP contribution >= 0.6 is 0 Å². The first-order chi connectivity index (χ1) is 10.4. The van der Waals surface area contributed by atoms with Gasteiger partial charge in [-0.15, -0.1) is 0 Å². The van der Waals surface area contributed by atoms with Crippen molar-refractivity contribution in [3.63, 3.8) is 0 Å². The van der Waals surface area contributed by atoms with Crippen LogP contribution in [0.2, 0.25) is 0 Å². The number of rotatable bonds is 1. The SMILES string of the molecule is CC(C)(C)c1ccc(NC(=O)N2CCC(=C3CC3)CC2)cc1. The summed E-state index contributed by atoms with van der Waals surface area (Å²) in [6, 6.07) is 8.23. The van der Waals surface area contributed by atoms with Crippen LogP contribution in [0.25, 0.3) is 0 Å². The summed E-state index contributed by atoms with van der Waals surface area (Å²) < 4.78 is 0. The van der Waals surface area contributed by atoms with Crippen molar-refractivity contribution < 1.29 is 4.79 Å². The van der Waals surface area contributed by atoms with E-state index in [9.17, 15) is 4.79 Å². The van der Waals surface area contributed by atoms with Crippen molar-refractivity contribution in [1.29, 1.82) is 0 Å². The van der Waals surface area contributed by atoms with Gasteiger partial charge >= 0.3 is 6.03 Å². The van der Waals surface area contributed by atoms with Crippen LogP contribution in [-0.2, 0) is 5.41 Å². The molecule has 0 spiro atoms. The van der Waals surface area contributed by atoms with Crippen LogP contribution in [0.5, 0.6) is 0 Å². The molecule has 1 saturated heterocycles. The molecule has 1 aromatic rings. The van der Waals surface area contributed by atoms with Crippen LogP contribution in [0.1, 0.15) is 52.0 Å². The Morgan fingerprint density at radius 2 is 1.50 bits per heavy atom. The lowest BCUT2D eigenvalue weighted by Gasteiger charge is -2.28. The number of carbonyl (C=O) groups excluding carboxylic acids is 1. The number of hydrogen-bond donors (Lipinski definition) is 1. The van der Waals surface area contributed by atoms with Crippen LogP contribution in [-0.4, -0.2) is 24.0 Å². The van der Waals surface area contributed by atoms with Crippen LogP contribution in [0.3, 0.4) is 0 Å². The first-order valence-corrected chi connectivity index (χ1v) is 8.30. The van der Waals surface area contributed by atoms with E-state index in [4.69, 9.17) is 0 Å². The molecule has 2 aliphatic rings. The third-order valence-electron chi connectivity index (χ3n) is 4.66. The lowest BCUT2D eigenvalue weighted by molar-refractivity contribution is 0.207. The quantitative estimate of drug-likeness (QED) is 0.749. The van der Waals surface area contributed by atoms with Gasteiger partial charge in [-0.05, 0) is 48.8 Å². The third-order valence-corrected chi connectivity index (χ3v) is 4.66. The number of nitrogens with one attached hydrogen (secondary N) is 1. The summed E-state index contributed by atoms with van der Waals surface area (Å²) in [5.41, 5.74) is 5.56. The summed E-state index contributed by atoms with van der Waals surface area (Å²) in [6.45, 7) is 8.29. The molecular formula is C19H26N2O. The molecule has 1 heterocycles. The normalized spacial score (nSPS) is 18.4. The third kappa shape index (κ3) is 3.52. The highest BCUT2D eigenvalue weighted by molar-refractivity contribution is 5.89. The molecule has 3 rings (SSSR count). The molecule has 22 heavy (non-hydrogen) atoms. The van der Waals surface area contributed by atoms with E-state index in [1.807, 2.05) is 17.0 Å². The maximum atomic E-state index is 12.3. The standard InChI is InChI=1S/C19H26N2O/c1-19(2,3)16-6-8-17(9-7-16)20-18(22)21-12-10-15(11-13-21)14-4-5-14/h6-9H,4-5,10-13H2,1-3H3,(H,20,22). The Bertz CT molecular complexity index is 577. The smallest absolute Gasteiger partial charge is 0.321 e. The lowest BCUT2D eigenvalue weighted by atomic mass is 9.87. The Hall–Kier alpha value is -1.77. The molecule has 1 saturated carbocycles. The van der Waals surface area contributed by atoms with Gasteiger partial charge in [0.2, 0.25) is 0 Å². The lowest BCUT2D eigenvalue weighted by Crippen LogP contribution is -2.39. The van der Waals surface area contributed by atoms with E-state index < -0.39 is 0 Å². The fourth-order valence-electron chi connectivity index (χ4n) is 3.01. The first-order valence-electron chi connectivity index (χ1n) is 8.30. The molecule has 0 radical (unpaired) electrons. The number of amides is 2. The zero-order valence-corrected chi connectivity index (χ0v) is 13.9. The Morgan fingerprint density at radius 1 is 0.955 bits per heavy atom. The summed E-state index contributed by atoms with van der Waals surface area (Å²) in [5.74, 6) is 0. The van der Waals surface area contributed by atoms with Gasteiger partial charge in [-0.2, -0.15) is 0 Å². The van der Waals surface area contributed by atoms with Crippen LogP contribution in [0.4, 0.5) is 10.5 Å². The average molecular weight is 298 g/mol. The van der Waals surface area contributed by atoms with Gasteiger partial charge in [0.05, 0.1) is 0 Å². The largest absolute Gasteiger partial charge is 0.324 e. The van der Waals surface area contributed by atoms with Gasteiger partial charge in [0.15, 0.2) is 0 Å². The number of carbonyl (C=O) groups is 1. The van der Waals surface area contributed by atoms with Crippen molar-refractivity contribution >= 4 is 11.7 Å². The van der Waals surface area contributed by atoms with Crippen molar-refractivity contribution in [1.82, 2.24) is 4.90 Å². The second-order valence-corrected chi connectivity index (χ2v) is 7.45. The van der Waals surface area contributed by atoms with Crippen molar-refractivity contribution in [3.8, 4) is 0 Å². The molecule has 3 nitrogen and oxygen atoms in total. The van der Waals surface area contributed by atoms with Crippen LogP contribution in [0, 0.1) is 0 Å². The zero-order chi connectivity index (χ0) is 15.7. The van der Waals surface area contributed by atoms with Gasteiger partial charge in [-0.1, -0.05) is 44.1 Å². The maximum Gasteiger partial charge on any atom is 0.321 e. The Balaban J connectivity index is 1.56. The van der Waals surface area contributed by atoms with Crippen molar-refractivity contribution in [2.75, 3.05) is 18.4 Å². The average Bonchev–Trinajstić information content (AvgIpc) is 3.32. The van der Waals surface area contributed by atoms with Crippen molar-refractivity contribution in [2.24, 2.45) is 0 Å². The second-order valence-electron chi connectivity index (χ2n) is 7.45. The molecular weight excluding hydrogens is 272 g/mol. The minimum atomic E-state index is 0.0309. The molecule has 1 N–H and O–H groups in total. The van der Waals surface area contributed by atoms with Gasteiger partial charge in [0.25, 0.3) is 0 Å². The topological polar surface area (TPSA) is 32.3 Å². The van der Waals surface area contributed by atoms with E-state index in [0.717, 1.165) is 31.6 Å². The molecule has 1 aliphatic carbocycles. The van der Waals surface area contributed by atoms with E-state index in [0.29, 0.717) is 0 Å². The second kappa shape index (κ2) is 5.79. The molecule has 0 aromatic heterocycles. The number of hydrogen-bond acceptors (Lipinski definition) is 1. The molecule has 2 amide bonds. The molecule has 1 aliphatic heterocycles. The van der Waals surface area contributed by atoms with Crippen LogP contribution < -0.4 is 5.32 Å². The van der Waals surface area contributed by atoms with Crippen molar-refractivity contribution in [3.05, 3.63) is 41.0 Å². The molecule has 3 heteroatoms. The first kappa shape index (κ1) is 15.1. The summed E-state index contributed by atoms with van der Waals surface area (Å²) >= 11 is 0. The minimum Gasteiger partial charge on any atom is -0.324 e. The predicted molar refractivity (Wildman–Crippen MR) is 91.2 cm³/mol. The number of urea groups is 1. The highest BCUT2D eigenvalue weighted by Crippen LogP contribution is 2.36. The Kier molecular flexibility index (Phi) is 3.98. The fourth-order valence-corrected chi connectivity index (χ4v) is 3.01. The number of likely N-dealkylation sites (tertiary alicyclic amines) is 1.